The number of pyridine rings is 1. The molecule has 146 valence electrons. The average Bonchev–Trinajstić information content (AvgIpc) is 2.72. The van der Waals surface area contributed by atoms with Crippen LogP contribution in [0.3, 0.4) is 0 Å². The van der Waals surface area contributed by atoms with E-state index >= 15 is 0 Å². The zero-order valence-electron chi connectivity index (χ0n) is 16.8. The first-order valence-electron chi connectivity index (χ1n) is 10.2. The number of hydrogen-bond donors (Lipinski definition) is 1. The molecule has 2 atom stereocenters. The van der Waals surface area contributed by atoms with Gasteiger partial charge in [-0.15, -0.1) is 0 Å². The average molecular weight is 377 g/mol. The summed E-state index contributed by atoms with van der Waals surface area (Å²) >= 11 is 0. The number of anilines is 1. The lowest BCUT2D eigenvalue weighted by atomic mass is 9.78. The van der Waals surface area contributed by atoms with Gasteiger partial charge in [0.2, 0.25) is 11.8 Å². The molecule has 2 aliphatic rings. The molecule has 0 saturated carbocycles. The topological polar surface area (TPSA) is 62.3 Å². The van der Waals surface area contributed by atoms with E-state index in [1.165, 1.54) is 11.1 Å². The lowest BCUT2D eigenvalue weighted by Gasteiger charge is -2.33. The highest BCUT2D eigenvalue weighted by Gasteiger charge is 2.30. The quantitative estimate of drug-likeness (QED) is 0.885. The maximum absolute atomic E-state index is 12.0. The van der Waals surface area contributed by atoms with E-state index in [9.17, 15) is 9.59 Å². The number of hydrogen-bond acceptors (Lipinski definition) is 3. The van der Waals surface area contributed by atoms with Gasteiger partial charge in [-0.2, -0.15) is 0 Å². The van der Waals surface area contributed by atoms with Gasteiger partial charge in [-0.05, 0) is 59.6 Å². The van der Waals surface area contributed by atoms with Crippen molar-refractivity contribution in [3.8, 4) is 11.1 Å². The first-order valence-corrected chi connectivity index (χ1v) is 10.2. The third-order valence-corrected chi connectivity index (χ3v) is 6.22. The van der Waals surface area contributed by atoms with Crippen LogP contribution in [0.5, 0.6) is 0 Å². The van der Waals surface area contributed by atoms with Crippen LogP contribution in [0.1, 0.15) is 55.8 Å². The SMILES string of the molecule is CCC(=O)NC1c2cncc(-c3ccc4c(c3)CCC(=O)N4C)c2CC[C@H]1C. The first-order chi connectivity index (χ1) is 13.5. The fourth-order valence-corrected chi connectivity index (χ4v) is 4.46. The molecular formula is C23H27N3O2. The zero-order chi connectivity index (χ0) is 19.8. The summed E-state index contributed by atoms with van der Waals surface area (Å²) in [4.78, 5) is 30.3. The van der Waals surface area contributed by atoms with Gasteiger partial charge in [0.15, 0.2) is 0 Å². The van der Waals surface area contributed by atoms with Gasteiger partial charge in [0.1, 0.15) is 0 Å². The number of aromatic nitrogens is 1. The molecule has 5 nitrogen and oxygen atoms in total. The van der Waals surface area contributed by atoms with Crippen molar-refractivity contribution in [1.82, 2.24) is 10.3 Å². The Hall–Kier alpha value is -2.69. The van der Waals surface area contributed by atoms with Crippen molar-refractivity contribution in [3.05, 3.63) is 47.3 Å². The van der Waals surface area contributed by atoms with Crippen molar-refractivity contribution in [2.24, 2.45) is 5.92 Å². The van der Waals surface area contributed by atoms with Crippen LogP contribution in [0.25, 0.3) is 11.1 Å². The minimum atomic E-state index is 0.0185. The van der Waals surface area contributed by atoms with E-state index in [1.807, 2.05) is 32.4 Å². The highest BCUT2D eigenvalue weighted by molar-refractivity contribution is 5.96. The summed E-state index contributed by atoms with van der Waals surface area (Å²) in [7, 11) is 1.84. The lowest BCUT2D eigenvalue weighted by molar-refractivity contribution is -0.122. The summed E-state index contributed by atoms with van der Waals surface area (Å²) < 4.78 is 0. The Labute approximate surface area is 166 Å². The fraction of sp³-hybridized carbons (Fsp3) is 0.435. The van der Waals surface area contributed by atoms with E-state index in [2.05, 4.69) is 29.4 Å². The molecule has 1 aliphatic heterocycles. The minimum absolute atomic E-state index is 0.0185. The molecule has 2 heterocycles. The summed E-state index contributed by atoms with van der Waals surface area (Å²) in [5.41, 5.74) is 6.91. The molecule has 2 amide bonds. The predicted molar refractivity (Wildman–Crippen MR) is 110 cm³/mol. The molecule has 1 aromatic heterocycles. The van der Waals surface area contributed by atoms with Crippen LogP contribution < -0.4 is 10.2 Å². The van der Waals surface area contributed by atoms with Crippen LogP contribution in [-0.4, -0.2) is 23.8 Å². The van der Waals surface area contributed by atoms with Crippen LogP contribution in [0.15, 0.2) is 30.6 Å². The van der Waals surface area contributed by atoms with Crippen LogP contribution in [0.2, 0.25) is 0 Å². The van der Waals surface area contributed by atoms with Gasteiger partial charge < -0.3 is 10.2 Å². The molecule has 1 aromatic carbocycles. The molecule has 5 heteroatoms. The van der Waals surface area contributed by atoms with Crippen molar-refractivity contribution in [1.29, 1.82) is 0 Å². The molecule has 0 bridgehead atoms. The summed E-state index contributed by atoms with van der Waals surface area (Å²) in [6, 6.07) is 6.35. The van der Waals surface area contributed by atoms with Crippen LogP contribution in [0, 0.1) is 5.92 Å². The molecule has 0 spiro atoms. The van der Waals surface area contributed by atoms with E-state index in [-0.39, 0.29) is 17.9 Å². The molecule has 28 heavy (non-hydrogen) atoms. The van der Waals surface area contributed by atoms with Gasteiger partial charge in [0, 0.05) is 43.5 Å². The van der Waals surface area contributed by atoms with Gasteiger partial charge in [0.05, 0.1) is 6.04 Å². The number of carbonyl (C=O) groups excluding carboxylic acids is 2. The van der Waals surface area contributed by atoms with E-state index in [4.69, 9.17) is 0 Å². The number of nitrogens with one attached hydrogen (secondary N) is 1. The van der Waals surface area contributed by atoms with Crippen LogP contribution >= 0.6 is 0 Å². The molecule has 0 saturated heterocycles. The number of fused-ring (bicyclic) bond motifs is 2. The summed E-state index contributed by atoms with van der Waals surface area (Å²) in [6.07, 6.45) is 7.71. The Morgan fingerprint density at radius 2 is 2.07 bits per heavy atom. The van der Waals surface area contributed by atoms with Crippen molar-refractivity contribution in [2.75, 3.05) is 11.9 Å². The van der Waals surface area contributed by atoms with E-state index in [0.717, 1.165) is 41.6 Å². The molecule has 0 fully saturated rings. The Bertz CT molecular complexity index is 937. The minimum Gasteiger partial charge on any atom is -0.349 e. The highest BCUT2D eigenvalue weighted by Crippen LogP contribution is 2.40. The first kappa shape index (κ1) is 18.7. The van der Waals surface area contributed by atoms with Crippen molar-refractivity contribution < 1.29 is 9.59 Å². The number of amides is 2. The zero-order valence-corrected chi connectivity index (χ0v) is 16.8. The Morgan fingerprint density at radius 3 is 2.86 bits per heavy atom. The normalized spacial score (nSPS) is 21.1. The third-order valence-electron chi connectivity index (χ3n) is 6.22. The van der Waals surface area contributed by atoms with Gasteiger partial charge in [-0.25, -0.2) is 0 Å². The van der Waals surface area contributed by atoms with Gasteiger partial charge in [0.25, 0.3) is 0 Å². The smallest absolute Gasteiger partial charge is 0.227 e. The summed E-state index contributed by atoms with van der Waals surface area (Å²) in [6.45, 7) is 4.08. The number of rotatable bonds is 3. The number of aryl methyl sites for hydroxylation is 1. The van der Waals surface area contributed by atoms with Crippen molar-refractivity contribution >= 4 is 17.5 Å². The number of carbonyl (C=O) groups is 2. The van der Waals surface area contributed by atoms with Crippen molar-refractivity contribution in [3.63, 3.8) is 0 Å². The van der Waals surface area contributed by atoms with E-state index in [1.54, 1.807) is 4.90 Å². The van der Waals surface area contributed by atoms with Crippen LogP contribution in [0.4, 0.5) is 5.69 Å². The summed E-state index contributed by atoms with van der Waals surface area (Å²) in [5.74, 6) is 0.641. The Balaban J connectivity index is 1.75. The van der Waals surface area contributed by atoms with E-state index in [0.29, 0.717) is 18.8 Å². The predicted octanol–water partition coefficient (Wildman–Crippen LogP) is 3.81. The maximum atomic E-state index is 12.0. The Morgan fingerprint density at radius 1 is 1.25 bits per heavy atom. The summed E-state index contributed by atoms with van der Waals surface area (Å²) in [5, 5.41) is 3.19. The molecule has 2 aromatic rings. The molecular weight excluding hydrogens is 350 g/mol. The molecule has 0 radical (unpaired) electrons. The third kappa shape index (κ3) is 3.19. The van der Waals surface area contributed by atoms with E-state index < -0.39 is 0 Å². The van der Waals surface area contributed by atoms with Gasteiger partial charge >= 0.3 is 0 Å². The second-order valence-electron chi connectivity index (χ2n) is 7.97. The molecule has 1 unspecified atom stereocenters. The standard InChI is InChI=1S/C23H27N3O2/c1-4-21(27)25-23-14(2)5-8-17-18(12-24-13-19(17)23)15-6-9-20-16(11-15)7-10-22(28)26(20)3/h6,9,11-14,23H,4-5,7-8,10H2,1-3H3,(H,25,27)/t14-,23?/m1/s1. The number of benzene rings is 1. The Kier molecular flexibility index (Phi) is 4.92. The lowest BCUT2D eigenvalue weighted by Crippen LogP contribution is -2.35. The largest absolute Gasteiger partial charge is 0.349 e. The molecule has 1 N–H and O–H groups in total. The fourth-order valence-electron chi connectivity index (χ4n) is 4.46. The second-order valence-corrected chi connectivity index (χ2v) is 7.97. The van der Waals surface area contributed by atoms with Crippen molar-refractivity contribution in [2.45, 2.75) is 52.0 Å². The number of nitrogens with zero attached hydrogens (tertiary/aromatic N) is 2. The maximum Gasteiger partial charge on any atom is 0.227 e. The van der Waals surface area contributed by atoms with Crippen LogP contribution in [-0.2, 0) is 22.4 Å². The van der Waals surface area contributed by atoms with Gasteiger partial charge in [-0.3, -0.25) is 14.6 Å². The molecule has 4 rings (SSSR count). The monoisotopic (exact) mass is 377 g/mol. The second kappa shape index (κ2) is 7.38. The highest BCUT2D eigenvalue weighted by atomic mass is 16.2. The molecule has 1 aliphatic carbocycles. The van der Waals surface area contributed by atoms with Gasteiger partial charge in [-0.1, -0.05) is 19.9 Å².